The third-order valence-corrected chi connectivity index (χ3v) is 6.89. The molecule has 35 heavy (non-hydrogen) atoms. The van der Waals surface area contributed by atoms with Crippen molar-refractivity contribution in [1.29, 1.82) is 0 Å². The summed E-state index contributed by atoms with van der Waals surface area (Å²) in [5.74, 6) is 1.40. The van der Waals surface area contributed by atoms with Crippen LogP contribution >= 0.6 is 11.8 Å². The fourth-order valence-corrected chi connectivity index (χ4v) is 5.22. The largest absolute Gasteiger partial charge is 0.372 e. The lowest BCUT2D eigenvalue weighted by Crippen LogP contribution is -2.46. The highest BCUT2D eigenvalue weighted by Crippen LogP contribution is 2.25. The first-order chi connectivity index (χ1) is 16.9. The molecule has 1 saturated heterocycles. The summed E-state index contributed by atoms with van der Waals surface area (Å²) in [6, 6.07) is 9.72. The summed E-state index contributed by atoms with van der Waals surface area (Å²) in [7, 11) is 1.62. The molecule has 0 spiro atoms. The van der Waals surface area contributed by atoms with Gasteiger partial charge in [-0.15, -0.1) is 5.10 Å². The Morgan fingerprint density at radius 3 is 2.63 bits per heavy atom. The number of aromatic nitrogens is 8. The van der Waals surface area contributed by atoms with Crippen LogP contribution in [0.3, 0.4) is 0 Å². The smallest absolute Gasteiger partial charge is 0.329 e. The van der Waals surface area contributed by atoms with Crippen LogP contribution < -0.4 is 16.1 Å². The van der Waals surface area contributed by atoms with Crippen molar-refractivity contribution < 1.29 is 4.74 Å². The summed E-state index contributed by atoms with van der Waals surface area (Å²) in [6.07, 6.45) is 0.797. The minimum atomic E-state index is -0.481. The van der Waals surface area contributed by atoms with Crippen molar-refractivity contribution in [3.63, 3.8) is 0 Å². The Hall–Kier alpha value is -3.45. The minimum Gasteiger partial charge on any atom is -0.372 e. The number of aryl methyl sites for hydroxylation is 2. The number of thioether (sulfide) groups is 1. The third-order valence-electron chi connectivity index (χ3n) is 5.89. The Morgan fingerprint density at radius 1 is 1.14 bits per heavy atom. The van der Waals surface area contributed by atoms with E-state index in [0.29, 0.717) is 41.9 Å². The second-order valence-electron chi connectivity index (χ2n) is 8.63. The molecule has 13 heteroatoms. The van der Waals surface area contributed by atoms with E-state index in [0.717, 1.165) is 17.9 Å². The molecule has 0 bridgehead atoms. The van der Waals surface area contributed by atoms with Crippen molar-refractivity contribution in [3.05, 3.63) is 51.2 Å². The van der Waals surface area contributed by atoms with Crippen molar-refractivity contribution in [2.75, 3.05) is 23.7 Å². The fourth-order valence-electron chi connectivity index (χ4n) is 4.40. The summed E-state index contributed by atoms with van der Waals surface area (Å²) < 4.78 is 10.9. The number of morpholine rings is 1. The van der Waals surface area contributed by atoms with Crippen molar-refractivity contribution in [1.82, 2.24) is 39.3 Å². The zero-order chi connectivity index (χ0) is 24.5. The van der Waals surface area contributed by atoms with E-state index < -0.39 is 11.2 Å². The monoisotopic (exact) mass is 497 g/mol. The Bertz CT molecular complexity index is 1430. The molecule has 2 atom stereocenters. The van der Waals surface area contributed by atoms with Crippen LogP contribution in [0, 0.1) is 0 Å². The second kappa shape index (κ2) is 9.66. The number of tetrazole rings is 1. The van der Waals surface area contributed by atoms with Gasteiger partial charge in [0, 0.05) is 32.4 Å². The SMILES string of the molecule is C[C@H]1CN(c2nc3c(c(=O)[nH]c(=O)n3C)n2CCCSc2nnnn2-c2ccccc2)C[C@H](C)O1. The highest BCUT2D eigenvalue weighted by atomic mass is 32.2. The molecule has 12 nitrogen and oxygen atoms in total. The maximum atomic E-state index is 12.8. The van der Waals surface area contributed by atoms with Gasteiger partial charge in [-0.1, -0.05) is 30.0 Å². The lowest BCUT2D eigenvalue weighted by molar-refractivity contribution is -0.00588. The number of aromatic amines is 1. The Kier molecular flexibility index (Phi) is 6.43. The zero-order valence-electron chi connectivity index (χ0n) is 19.8. The summed E-state index contributed by atoms with van der Waals surface area (Å²) in [5, 5.41) is 12.8. The van der Waals surface area contributed by atoms with Crippen LogP contribution in [0.4, 0.5) is 5.95 Å². The number of para-hydroxylation sites is 1. The van der Waals surface area contributed by atoms with E-state index in [4.69, 9.17) is 9.72 Å². The van der Waals surface area contributed by atoms with E-state index in [1.165, 1.54) is 4.57 Å². The van der Waals surface area contributed by atoms with Crippen LogP contribution in [0.1, 0.15) is 20.3 Å². The van der Waals surface area contributed by atoms with E-state index >= 15 is 0 Å². The predicted octanol–water partition coefficient (Wildman–Crippen LogP) is 1.20. The molecule has 1 aromatic carbocycles. The summed E-state index contributed by atoms with van der Waals surface area (Å²) in [6.45, 7) is 5.89. The van der Waals surface area contributed by atoms with Gasteiger partial charge in [0.05, 0.1) is 17.9 Å². The fraction of sp³-hybridized carbons (Fsp3) is 0.455. The first-order valence-electron chi connectivity index (χ1n) is 11.5. The third kappa shape index (κ3) is 4.60. The molecule has 5 rings (SSSR count). The second-order valence-corrected chi connectivity index (χ2v) is 9.69. The van der Waals surface area contributed by atoms with Gasteiger partial charge in [0.25, 0.3) is 5.56 Å². The van der Waals surface area contributed by atoms with Crippen LogP contribution in [0.2, 0.25) is 0 Å². The Labute approximate surface area is 204 Å². The number of nitrogens with one attached hydrogen (secondary N) is 1. The Balaban J connectivity index is 1.40. The highest BCUT2D eigenvalue weighted by Gasteiger charge is 2.28. The van der Waals surface area contributed by atoms with Crippen molar-refractivity contribution in [3.8, 4) is 5.69 Å². The number of rotatable bonds is 7. The molecule has 184 valence electrons. The van der Waals surface area contributed by atoms with Crippen LogP contribution in [0.15, 0.2) is 45.1 Å². The van der Waals surface area contributed by atoms with Gasteiger partial charge in [0.1, 0.15) is 0 Å². The molecule has 1 N–H and O–H groups in total. The molecule has 4 heterocycles. The number of H-pyrrole nitrogens is 1. The van der Waals surface area contributed by atoms with Crippen LogP contribution in [-0.2, 0) is 18.3 Å². The van der Waals surface area contributed by atoms with E-state index in [1.54, 1.807) is 23.5 Å². The Morgan fingerprint density at radius 2 is 1.89 bits per heavy atom. The summed E-state index contributed by atoms with van der Waals surface area (Å²) >= 11 is 1.55. The molecule has 0 saturated carbocycles. The number of hydrogen-bond donors (Lipinski definition) is 1. The number of hydrogen-bond acceptors (Lipinski definition) is 9. The van der Waals surface area contributed by atoms with Crippen molar-refractivity contribution in [2.45, 2.75) is 44.2 Å². The molecular weight excluding hydrogens is 470 g/mol. The molecule has 0 unspecified atom stereocenters. The lowest BCUT2D eigenvalue weighted by Gasteiger charge is -2.36. The molecular formula is C22H27N9O3S. The van der Waals surface area contributed by atoms with E-state index in [1.807, 2.05) is 48.7 Å². The van der Waals surface area contributed by atoms with E-state index in [-0.39, 0.29) is 12.2 Å². The van der Waals surface area contributed by atoms with Gasteiger partial charge < -0.3 is 14.2 Å². The average Bonchev–Trinajstić information content (AvgIpc) is 3.45. The quantitative estimate of drug-likeness (QED) is 0.296. The van der Waals surface area contributed by atoms with Crippen LogP contribution in [-0.4, -0.2) is 70.4 Å². The molecule has 0 amide bonds. The number of fused-ring (bicyclic) bond motifs is 1. The van der Waals surface area contributed by atoms with Gasteiger partial charge in [-0.25, -0.2) is 4.79 Å². The maximum Gasteiger partial charge on any atom is 0.329 e. The van der Waals surface area contributed by atoms with Gasteiger partial charge in [0.2, 0.25) is 11.1 Å². The van der Waals surface area contributed by atoms with E-state index in [9.17, 15) is 9.59 Å². The van der Waals surface area contributed by atoms with Crippen LogP contribution in [0.5, 0.6) is 0 Å². The molecule has 4 aromatic rings. The zero-order valence-corrected chi connectivity index (χ0v) is 20.6. The lowest BCUT2D eigenvalue weighted by atomic mass is 10.2. The molecule has 0 aliphatic carbocycles. The molecule has 0 radical (unpaired) electrons. The minimum absolute atomic E-state index is 0.0292. The van der Waals surface area contributed by atoms with Crippen LogP contribution in [0.25, 0.3) is 16.9 Å². The van der Waals surface area contributed by atoms with Crippen molar-refractivity contribution >= 4 is 28.9 Å². The highest BCUT2D eigenvalue weighted by molar-refractivity contribution is 7.99. The molecule has 1 fully saturated rings. The number of imidazole rings is 1. The predicted molar refractivity (Wildman–Crippen MR) is 132 cm³/mol. The number of nitrogens with zero attached hydrogens (tertiary/aromatic N) is 8. The van der Waals surface area contributed by atoms with Gasteiger partial charge in [-0.05, 0) is 42.8 Å². The maximum absolute atomic E-state index is 12.8. The molecule has 1 aliphatic heterocycles. The van der Waals surface area contributed by atoms with Gasteiger partial charge in [-0.3, -0.25) is 14.3 Å². The van der Waals surface area contributed by atoms with Gasteiger partial charge >= 0.3 is 5.69 Å². The first kappa shape index (κ1) is 23.3. The van der Waals surface area contributed by atoms with Crippen molar-refractivity contribution in [2.24, 2.45) is 7.05 Å². The number of anilines is 1. The van der Waals surface area contributed by atoms with Gasteiger partial charge in [-0.2, -0.15) is 9.67 Å². The first-order valence-corrected chi connectivity index (χ1v) is 12.5. The molecule has 3 aromatic heterocycles. The number of ether oxygens (including phenoxy) is 1. The summed E-state index contributed by atoms with van der Waals surface area (Å²) in [4.78, 5) is 34.3. The normalized spacial score (nSPS) is 18.4. The summed E-state index contributed by atoms with van der Waals surface area (Å²) in [5.41, 5.74) is 0.753. The topological polar surface area (TPSA) is 129 Å². The molecule has 1 aliphatic rings. The standard InChI is InChI=1S/C22H27N9O3S/c1-14-12-29(13-15(2)34-14)20-23-18-17(19(32)24-21(33)28(18)3)30(20)10-7-11-35-22-25-26-27-31(22)16-8-5-4-6-9-16/h4-6,8-9,14-15H,7,10-13H2,1-3H3,(H,24,32,33)/t14-,15-/m0/s1. The van der Waals surface area contributed by atoms with Gasteiger partial charge in [0.15, 0.2) is 11.2 Å². The van der Waals surface area contributed by atoms with E-state index in [2.05, 4.69) is 25.4 Å². The number of benzene rings is 1. The average molecular weight is 498 g/mol.